The average molecular weight is 183 g/mol. The molecule has 0 aromatic carbocycles. The van der Waals surface area contributed by atoms with E-state index in [1.165, 1.54) is 0 Å². The van der Waals surface area contributed by atoms with Crippen molar-refractivity contribution in [2.45, 2.75) is 12.8 Å². The Labute approximate surface area is 79.1 Å². The van der Waals surface area contributed by atoms with Gasteiger partial charge in [-0.1, -0.05) is 0 Å². The van der Waals surface area contributed by atoms with Crippen molar-refractivity contribution >= 4 is 0 Å². The normalized spacial score (nSPS) is 10.5. The first kappa shape index (κ1) is 10.3. The molecule has 1 rings (SSSR count). The van der Waals surface area contributed by atoms with Gasteiger partial charge in [0.2, 0.25) is 0 Å². The van der Waals surface area contributed by atoms with Crippen LogP contribution in [-0.2, 0) is 11.2 Å². The van der Waals surface area contributed by atoms with E-state index in [9.17, 15) is 0 Å². The molecule has 0 saturated carbocycles. The van der Waals surface area contributed by atoms with E-state index in [1.807, 2.05) is 12.1 Å². The zero-order chi connectivity index (χ0) is 9.36. The van der Waals surface area contributed by atoms with Crippen molar-refractivity contribution in [2.75, 3.05) is 26.8 Å². The lowest BCUT2D eigenvalue weighted by atomic mass is 10.2. The van der Waals surface area contributed by atoms with E-state index in [2.05, 4.69) is 5.32 Å². The molecular weight excluding hydrogens is 166 g/mol. The van der Waals surface area contributed by atoms with Crippen LogP contribution in [0.4, 0.5) is 0 Å². The van der Waals surface area contributed by atoms with Crippen LogP contribution in [0.15, 0.2) is 22.8 Å². The van der Waals surface area contributed by atoms with Gasteiger partial charge in [-0.3, -0.25) is 0 Å². The van der Waals surface area contributed by atoms with E-state index >= 15 is 0 Å². The van der Waals surface area contributed by atoms with Crippen LogP contribution in [0.3, 0.4) is 0 Å². The lowest BCUT2D eigenvalue weighted by Gasteiger charge is -2.02. The van der Waals surface area contributed by atoms with Gasteiger partial charge in [-0.05, 0) is 25.1 Å². The predicted octanol–water partition coefficient (Wildman–Crippen LogP) is 1.45. The van der Waals surface area contributed by atoms with Crippen LogP contribution in [-0.4, -0.2) is 26.8 Å². The molecule has 0 fully saturated rings. The molecule has 3 nitrogen and oxygen atoms in total. The summed E-state index contributed by atoms with van der Waals surface area (Å²) in [7, 11) is 1.71. The largest absolute Gasteiger partial charge is 0.469 e. The molecule has 0 aliphatic rings. The van der Waals surface area contributed by atoms with Crippen molar-refractivity contribution in [3.8, 4) is 0 Å². The molecule has 1 N–H and O–H groups in total. The first-order valence-electron chi connectivity index (χ1n) is 4.65. The Bertz CT molecular complexity index is 197. The van der Waals surface area contributed by atoms with E-state index in [1.54, 1.807) is 13.4 Å². The van der Waals surface area contributed by atoms with Gasteiger partial charge >= 0.3 is 0 Å². The maximum Gasteiger partial charge on any atom is 0.103 e. The molecule has 0 atom stereocenters. The van der Waals surface area contributed by atoms with E-state index in [4.69, 9.17) is 9.15 Å². The molecular formula is C10H17NO2. The number of aryl methyl sites for hydroxylation is 1. The van der Waals surface area contributed by atoms with Crippen molar-refractivity contribution in [2.24, 2.45) is 0 Å². The first-order valence-corrected chi connectivity index (χ1v) is 4.65. The zero-order valence-electron chi connectivity index (χ0n) is 8.08. The molecule has 1 aromatic rings. The fourth-order valence-electron chi connectivity index (χ4n) is 1.14. The second-order valence-electron chi connectivity index (χ2n) is 2.93. The Morgan fingerprint density at radius 1 is 1.46 bits per heavy atom. The van der Waals surface area contributed by atoms with E-state index in [-0.39, 0.29) is 0 Å². The third-order valence-corrected chi connectivity index (χ3v) is 1.84. The number of ether oxygens (including phenoxy) is 1. The highest BCUT2D eigenvalue weighted by Crippen LogP contribution is 2.02. The first-order chi connectivity index (χ1) is 6.43. The number of rotatable bonds is 7. The molecule has 0 unspecified atom stereocenters. The van der Waals surface area contributed by atoms with Crippen LogP contribution in [0.1, 0.15) is 12.2 Å². The molecule has 0 bridgehead atoms. The molecule has 3 heteroatoms. The number of hydrogen-bond acceptors (Lipinski definition) is 3. The van der Waals surface area contributed by atoms with Crippen LogP contribution in [0, 0.1) is 0 Å². The monoisotopic (exact) mass is 183 g/mol. The van der Waals surface area contributed by atoms with Crippen molar-refractivity contribution < 1.29 is 9.15 Å². The molecule has 1 aromatic heterocycles. The van der Waals surface area contributed by atoms with Gasteiger partial charge in [0, 0.05) is 20.1 Å². The Morgan fingerprint density at radius 3 is 3.08 bits per heavy atom. The predicted molar refractivity (Wildman–Crippen MR) is 51.8 cm³/mol. The van der Waals surface area contributed by atoms with Crippen molar-refractivity contribution in [3.63, 3.8) is 0 Å². The third kappa shape index (κ3) is 4.70. The Morgan fingerprint density at radius 2 is 2.38 bits per heavy atom. The maximum atomic E-state index is 5.21. The van der Waals surface area contributed by atoms with Crippen molar-refractivity contribution in [3.05, 3.63) is 24.2 Å². The molecule has 0 aliphatic heterocycles. The Balaban J connectivity index is 1.90. The lowest BCUT2D eigenvalue weighted by Crippen LogP contribution is -2.20. The summed E-state index contributed by atoms with van der Waals surface area (Å²) in [5, 5.41) is 3.28. The second kappa shape index (κ2) is 6.69. The second-order valence-corrected chi connectivity index (χ2v) is 2.93. The number of methoxy groups -OCH3 is 1. The average Bonchev–Trinajstić information content (AvgIpc) is 2.63. The summed E-state index contributed by atoms with van der Waals surface area (Å²) in [6.45, 7) is 2.72. The highest BCUT2D eigenvalue weighted by Gasteiger charge is 1.94. The van der Waals surface area contributed by atoms with Crippen LogP contribution in [0.5, 0.6) is 0 Å². The Kier molecular flexibility index (Phi) is 5.29. The van der Waals surface area contributed by atoms with Gasteiger partial charge in [0.15, 0.2) is 0 Å². The van der Waals surface area contributed by atoms with Gasteiger partial charge in [0.25, 0.3) is 0 Å². The highest BCUT2D eigenvalue weighted by atomic mass is 16.5. The number of nitrogens with one attached hydrogen (secondary N) is 1. The summed E-state index contributed by atoms with van der Waals surface area (Å²) in [4.78, 5) is 0. The van der Waals surface area contributed by atoms with Crippen LogP contribution in [0.2, 0.25) is 0 Å². The summed E-state index contributed by atoms with van der Waals surface area (Å²) in [6, 6.07) is 3.93. The molecule has 0 saturated heterocycles. The van der Waals surface area contributed by atoms with Gasteiger partial charge in [0.1, 0.15) is 5.76 Å². The molecule has 0 radical (unpaired) electrons. The third-order valence-electron chi connectivity index (χ3n) is 1.84. The molecule has 74 valence electrons. The molecule has 1 heterocycles. The van der Waals surface area contributed by atoms with Crippen LogP contribution in [0.25, 0.3) is 0 Å². The molecule has 0 spiro atoms. The SMILES string of the molecule is COCCNCCCc1ccco1. The van der Waals surface area contributed by atoms with Crippen LogP contribution < -0.4 is 5.32 Å². The fourth-order valence-corrected chi connectivity index (χ4v) is 1.14. The number of hydrogen-bond donors (Lipinski definition) is 1. The van der Waals surface area contributed by atoms with Crippen molar-refractivity contribution in [1.29, 1.82) is 0 Å². The minimum atomic E-state index is 0.779. The minimum absolute atomic E-state index is 0.779. The topological polar surface area (TPSA) is 34.4 Å². The van der Waals surface area contributed by atoms with E-state index < -0.39 is 0 Å². The van der Waals surface area contributed by atoms with E-state index in [0.29, 0.717) is 0 Å². The lowest BCUT2D eigenvalue weighted by molar-refractivity contribution is 0.199. The molecule has 13 heavy (non-hydrogen) atoms. The minimum Gasteiger partial charge on any atom is -0.469 e. The fraction of sp³-hybridized carbons (Fsp3) is 0.600. The number of furan rings is 1. The van der Waals surface area contributed by atoms with Gasteiger partial charge < -0.3 is 14.5 Å². The maximum absolute atomic E-state index is 5.21. The molecule has 0 amide bonds. The summed E-state index contributed by atoms with van der Waals surface area (Å²) >= 11 is 0. The van der Waals surface area contributed by atoms with Crippen LogP contribution >= 0.6 is 0 Å². The standard InChI is InChI=1S/C10H17NO2/c1-12-9-7-11-6-2-4-10-5-3-8-13-10/h3,5,8,11H,2,4,6-7,9H2,1H3. The van der Waals surface area contributed by atoms with Crippen molar-refractivity contribution in [1.82, 2.24) is 5.32 Å². The smallest absolute Gasteiger partial charge is 0.103 e. The van der Waals surface area contributed by atoms with Gasteiger partial charge in [0.05, 0.1) is 12.9 Å². The summed E-state index contributed by atoms with van der Waals surface area (Å²) in [5.41, 5.74) is 0. The summed E-state index contributed by atoms with van der Waals surface area (Å²) in [5.74, 6) is 1.06. The van der Waals surface area contributed by atoms with Gasteiger partial charge in [-0.25, -0.2) is 0 Å². The zero-order valence-corrected chi connectivity index (χ0v) is 8.08. The van der Waals surface area contributed by atoms with E-state index in [0.717, 1.165) is 38.3 Å². The summed E-state index contributed by atoms with van der Waals surface area (Å²) < 4.78 is 10.1. The van der Waals surface area contributed by atoms with Gasteiger partial charge in [-0.2, -0.15) is 0 Å². The molecule has 0 aliphatic carbocycles. The quantitative estimate of drug-likeness (QED) is 0.650. The highest BCUT2D eigenvalue weighted by molar-refractivity contribution is 4.97. The summed E-state index contributed by atoms with van der Waals surface area (Å²) in [6.07, 6.45) is 3.83. The van der Waals surface area contributed by atoms with Gasteiger partial charge in [-0.15, -0.1) is 0 Å². The Hall–Kier alpha value is -0.800.